The van der Waals surface area contributed by atoms with E-state index in [0.29, 0.717) is 0 Å². The number of para-hydroxylation sites is 1. The summed E-state index contributed by atoms with van der Waals surface area (Å²) in [5.41, 5.74) is 2.12. The largest absolute Gasteiger partial charge is 0.324 e. The summed E-state index contributed by atoms with van der Waals surface area (Å²) in [6, 6.07) is 7.74. The number of hydrogen-bond acceptors (Lipinski definition) is 2. The molecule has 1 aromatic rings. The zero-order chi connectivity index (χ0) is 9.26. The van der Waals surface area contributed by atoms with Gasteiger partial charge in [-0.05, 0) is 18.1 Å². The molecule has 2 rings (SSSR count). The van der Waals surface area contributed by atoms with E-state index in [9.17, 15) is 4.79 Å². The Hall–Kier alpha value is -0.920. The molecule has 1 aromatic carbocycles. The molecule has 1 heterocycles. The Kier molecular flexibility index (Phi) is 2.30. The number of rotatable bonds is 1. The van der Waals surface area contributed by atoms with E-state index in [1.165, 1.54) is 5.56 Å². The third-order valence-corrected chi connectivity index (χ3v) is 2.62. The van der Waals surface area contributed by atoms with Crippen molar-refractivity contribution < 1.29 is 4.79 Å². The molecule has 0 aliphatic carbocycles. The van der Waals surface area contributed by atoms with Crippen LogP contribution in [-0.4, -0.2) is 11.9 Å². The lowest BCUT2D eigenvalue weighted by molar-refractivity contribution is -0.117. The van der Waals surface area contributed by atoms with Crippen LogP contribution in [0.4, 0.5) is 5.69 Å². The monoisotopic (exact) mass is 194 g/mol. The summed E-state index contributed by atoms with van der Waals surface area (Å²) in [5.74, 6) is 0.0358. The highest BCUT2D eigenvalue weighted by molar-refractivity contribution is 7.13. The second-order valence-electron chi connectivity index (χ2n) is 3.07. The van der Waals surface area contributed by atoms with E-state index >= 15 is 0 Å². The number of hydrogen-bond donors (Lipinski definition) is 2. The first-order chi connectivity index (χ1) is 6.31. The van der Waals surface area contributed by atoms with E-state index < -0.39 is 0 Å². The van der Waals surface area contributed by atoms with Crippen molar-refractivity contribution in [3.63, 3.8) is 0 Å². The summed E-state index contributed by atoms with van der Waals surface area (Å²) in [6.45, 7) is 0. The SMILES string of the molecule is O=C1Nc2ccccc2CC1NP. The number of nitrogens with one attached hydrogen (secondary N) is 2. The van der Waals surface area contributed by atoms with E-state index in [0.717, 1.165) is 12.1 Å². The van der Waals surface area contributed by atoms with Gasteiger partial charge in [0.05, 0.1) is 6.04 Å². The highest BCUT2D eigenvalue weighted by atomic mass is 31.0. The summed E-state index contributed by atoms with van der Waals surface area (Å²) in [5, 5.41) is 5.75. The maximum atomic E-state index is 11.4. The maximum absolute atomic E-state index is 11.4. The van der Waals surface area contributed by atoms with Crippen molar-refractivity contribution in [3.8, 4) is 0 Å². The number of benzene rings is 1. The molecule has 0 saturated carbocycles. The van der Waals surface area contributed by atoms with Gasteiger partial charge in [-0.15, -0.1) is 0 Å². The molecule has 68 valence electrons. The van der Waals surface area contributed by atoms with Crippen LogP contribution in [0.5, 0.6) is 0 Å². The van der Waals surface area contributed by atoms with E-state index in [1.54, 1.807) is 0 Å². The first kappa shape index (κ1) is 8.67. The fraction of sp³-hybridized carbons (Fsp3) is 0.222. The summed E-state index contributed by atoms with van der Waals surface area (Å²) in [4.78, 5) is 11.4. The summed E-state index contributed by atoms with van der Waals surface area (Å²) in [6.07, 6.45) is 0.755. The average molecular weight is 194 g/mol. The predicted molar refractivity (Wildman–Crippen MR) is 55.4 cm³/mol. The van der Waals surface area contributed by atoms with Gasteiger partial charge >= 0.3 is 0 Å². The molecule has 4 heteroatoms. The van der Waals surface area contributed by atoms with Crippen LogP contribution >= 0.6 is 9.39 Å². The van der Waals surface area contributed by atoms with Crippen molar-refractivity contribution in [1.82, 2.24) is 5.09 Å². The van der Waals surface area contributed by atoms with Crippen molar-refractivity contribution in [3.05, 3.63) is 29.8 Å². The molecule has 1 amide bonds. The molecule has 2 atom stereocenters. The van der Waals surface area contributed by atoms with Crippen molar-refractivity contribution in [1.29, 1.82) is 0 Å². The number of carbonyl (C=O) groups excluding carboxylic acids is 1. The van der Waals surface area contributed by atoms with Gasteiger partial charge in [-0.2, -0.15) is 0 Å². The van der Waals surface area contributed by atoms with Crippen LogP contribution in [0.3, 0.4) is 0 Å². The molecule has 0 saturated heterocycles. The second kappa shape index (κ2) is 3.44. The fourth-order valence-electron chi connectivity index (χ4n) is 1.49. The van der Waals surface area contributed by atoms with Gasteiger partial charge in [0.15, 0.2) is 0 Å². The summed E-state index contributed by atoms with van der Waals surface area (Å²) >= 11 is 0. The molecule has 13 heavy (non-hydrogen) atoms. The molecule has 0 radical (unpaired) electrons. The minimum absolute atomic E-state index is 0.0358. The van der Waals surface area contributed by atoms with Crippen molar-refractivity contribution in [2.75, 3.05) is 5.32 Å². The zero-order valence-electron chi connectivity index (χ0n) is 7.08. The fourth-order valence-corrected chi connectivity index (χ4v) is 1.76. The molecule has 1 aliphatic heterocycles. The topological polar surface area (TPSA) is 41.1 Å². The molecule has 3 nitrogen and oxygen atoms in total. The third kappa shape index (κ3) is 1.58. The summed E-state index contributed by atoms with van der Waals surface area (Å²) in [7, 11) is 2.38. The van der Waals surface area contributed by atoms with E-state index in [-0.39, 0.29) is 11.9 Å². The zero-order valence-corrected chi connectivity index (χ0v) is 8.23. The number of fused-ring (bicyclic) bond motifs is 1. The third-order valence-electron chi connectivity index (χ3n) is 2.22. The minimum Gasteiger partial charge on any atom is -0.324 e. The molecule has 0 spiro atoms. The van der Waals surface area contributed by atoms with E-state index in [2.05, 4.69) is 19.8 Å². The van der Waals surface area contributed by atoms with Gasteiger partial charge in [-0.3, -0.25) is 9.88 Å². The molecule has 2 N–H and O–H groups in total. The Morgan fingerprint density at radius 2 is 2.23 bits per heavy atom. The predicted octanol–water partition coefficient (Wildman–Crippen LogP) is 0.929. The number of anilines is 1. The Morgan fingerprint density at radius 1 is 1.46 bits per heavy atom. The Balaban J connectivity index is 2.33. The van der Waals surface area contributed by atoms with Crippen LogP contribution in [0.1, 0.15) is 5.56 Å². The highest BCUT2D eigenvalue weighted by Gasteiger charge is 2.23. The van der Waals surface area contributed by atoms with Crippen LogP contribution in [0.25, 0.3) is 0 Å². The van der Waals surface area contributed by atoms with Crippen LogP contribution in [-0.2, 0) is 11.2 Å². The summed E-state index contributed by atoms with van der Waals surface area (Å²) < 4.78 is 0. The number of amides is 1. The molecular weight excluding hydrogens is 183 g/mol. The van der Waals surface area contributed by atoms with E-state index in [4.69, 9.17) is 0 Å². The van der Waals surface area contributed by atoms with Gasteiger partial charge in [-0.1, -0.05) is 27.6 Å². The Morgan fingerprint density at radius 3 is 3.00 bits per heavy atom. The van der Waals surface area contributed by atoms with Gasteiger partial charge in [0.2, 0.25) is 5.91 Å². The lowest BCUT2D eigenvalue weighted by Gasteiger charge is -2.23. The molecule has 0 fully saturated rings. The lowest BCUT2D eigenvalue weighted by atomic mass is 10.00. The second-order valence-corrected chi connectivity index (χ2v) is 3.40. The smallest absolute Gasteiger partial charge is 0.242 e. The lowest BCUT2D eigenvalue weighted by Crippen LogP contribution is -2.40. The van der Waals surface area contributed by atoms with Crippen LogP contribution in [0.2, 0.25) is 0 Å². The maximum Gasteiger partial charge on any atom is 0.242 e. The van der Waals surface area contributed by atoms with Gasteiger partial charge in [-0.25, -0.2) is 0 Å². The van der Waals surface area contributed by atoms with Crippen molar-refractivity contribution in [2.45, 2.75) is 12.5 Å². The van der Waals surface area contributed by atoms with E-state index in [1.807, 2.05) is 24.3 Å². The molecule has 2 unspecified atom stereocenters. The molecular formula is C9H11N2OP. The van der Waals surface area contributed by atoms with Crippen LogP contribution in [0.15, 0.2) is 24.3 Å². The quantitative estimate of drug-likeness (QED) is 0.653. The number of carbonyl (C=O) groups is 1. The first-order valence-corrected chi connectivity index (χ1v) is 4.74. The van der Waals surface area contributed by atoms with Crippen molar-refractivity contribution in [2.24, 2.45) is 0 Å². The van der Waals surface area contributed by atoms with Crippen molar-refractivity contribution >= 4 is 21.0 Å². The molecule has 1 aliphatic rings. The molecule has 0 bridgehead atoms. The van der Waals surface area contributed by atoms with Gasteiger partial charge in [0.1, 0.15) is 0 Å². The van der Waals surface area contributed by atoms with Crippen LogP contribution < -0.4 is 10.4 Å². The highest BCUT2D eigenvalue weighted by Crippen LogP contribution is 2.21. The van der Waals surface area contributed by atoms with Gasteiger partial charge in [0.25, 0.3) is 0 Å². The van der Waals surface area contributed by atoms with Gasteiger partial charge in [0, 0.05) is 5.69 Å². The normalized spacial score (nSPS) is 20.7. The minimum atomic E-state index is -0.125. The van der Waals surface area contributed by atoms with Gasteiger partial charge < -0.3 is 5.32 Å². The standard InChI is InChI=1S/C9H11N2OP/c12-9-8(11-13)5-6-3-1-2-4-7(6)10-9/h1-4,8,11H,5,13H2,(H,10,12). The van der Waals surface area contributed by atoms with Crippen LogP contribution in [0, 0.1) is 0 Å². The Bertz CT molecular complexity index is 340. The Labute approximate surface area is 79.2 Å². The first-order valence-electron chi connectivity index (χ1n) is 4.16. The average Bonchev–Trinajstić information content (AvgIpc) is 2.17. The molecule has 0 aromatic heterocycles.